The molecule has 1 heterocycles. The Morgan fingerprint density at radius 1 is 1.30 bits per heavy atom. The van der Waals surface area contributed by atoms with E-state index in [1.165, 1.54) is 12.1 Å². The SMILES string of the molecule is Cc1ccccc1C(C)Nc1nc(Cl)ccc1[N+](=O)[O-]. The van der Waals surface area contributed by atoms with Crippen LogP contribution in [-0.4, -0.2) is 9.91 Å². The number of anilines is 1. The number of rotatable bonds is 4. The first-order valence-electron chi connectivity index (χ1n) is 6.12. The molecule has 0 saturated carbocycles. The Balaban J connectivity index is 2.32. The minimum atomic E-state index is -0.476. The van der Waals surface area contributed by atoms with Crippen LogP contribution in [0.1, 0.15) is 24.1 Å². The minimum Gasteiger partial charge on any atom is -0.358 e. The van der Waals surface area contributed by atoms with E-state index in [4.69, 9.17) is 11.6 Å². The molecule has 2 rings (SSSR count). The van der Waals surface area contributed by atoms with Crippen molar-refractivity contribution in [2.45, 2.75) is 19.9 Å². The van der Waals surface area contributed by atoms with Gasteiger partial charge in [-0.2, -0.15) is 0 Å². The van der Waals surface area contributed by atoms with Crippen LogP contribution in [0.5, 0.6) is 0 Å². The maximum Gasteiger partial charge on any atom is 0.311 e. The zero-order chi connectivity index (χ0) is 14.7. The van der Waals surface area contributed by atoms with E-state index in [0.29, 0.717) is 0 Å². The van der Waals surface area contributed by atoms with E-state index in [1.54, 1.807) is 0 Å². The van der Waals surface area contributed by atoms with E-state index in [2.05, 4.69) is 10.3 Å². The fourth-order valence-electron chi connectivity index (χ4n) is 2.04. The third-order valence-electron chi connectivity index (χ3n) is 3.04. The van der Waals surface area contributed by atoms with E-state index in [0.717, 1.165) is 11.1 Å². The molecule has 0 aliphatic heterocycles. The molecule has 1 aromatic carbocycles. The van der Waals surface area contributed by atoms with Crippen LogP contribution in [-0.2, 0) is 0 Å². The van der Waals surface area contributed by atoms with Crippen molar-refractivity contribution in [2.75, 3.05) is 5.32 Å². The van der Waals surface area contributed by atoms with Crippen LogP contribution in [0.2, 0.25) is 5.15 Å². The van der Waals surface area contributed by atoms with Gasteiger partial charge in [-0.3, -0.25) is 10.1 Å². The summed E-state index contributed by atoms with van der Waals surface area (Å²) in [4.78, 5) is 14.5. The Morgan fingerprint density at radius 3 is 2.65 bits per heavy atom. The Bertz CT molecular complexity index is 646. The molecule has 1 aromatic heterocycles. The highest BCUT2D eigenvalue weighted by Gasteiger charge is 2.18. The van der Waals surface area contributed by atoms with Gasteiger partial charge in [0.1, 0.15) is 5.15 Å². The van der Waals surface area contributed by atoms with E-state index in [1.807, 2.05) is 38.1 Å². The second-order valence-corrected chi connectivity index (χ2v) is 4.87. The van der Waals surface area contributed by atoms with E-state index < -0.39 is 4.92 Å². The van der Waals surface area contributed by atoms with Crippen LogP contribution in [0.3, 0.4) is 0 Å². The molecular weight excluding hydrogens is 278 g/mol. The zero-order valence-electron chi connectivity index (χ0n) is 11.1. The first-order chi connectivity index (χ1) is 9.49. The Labute approximate surface area is 121 Å². The van der Waals surface area contributed by atoms with Crippen molar-refractivity contribution >= 4 is 23.1 Å². The summed E-state index contributed by atoms with van der Waals surface area (Å²) in [5, 5.41) is 14.3. The summed E-state index contributed by atoms with van der Waals surface area (Å²) in [6.45, 7) is 3.92. The summed E-state index contributed by atoms with van der Waals surface area (Å²) in [6, 6.07) is 10.5. The van der Waals surface area contributed by atoms with Crippen LogP contribution in [0.25, 0.3) is 0 Å². The molecule has 1 unspecified atom stereocenters. The van der Waals surface area contributed by atoms with Crippen LogP contribution < -0.4 is 5.32 Å². The maximum absolute atomic E-state index is 11.0. The summed E-state index contributed by atoms with van der Waals surface area (Å²) in [5.41, 5.74) is 2.08. The van der Waals surface area contributed by atoms with Crippen molar-refractivity contribution in [3.05, 3.63) is 62.8 Å². The predicted molar refractivity (Wildman–Crippen MR) is 79.1 cm³/mol. The number of nitrogens with zero attached hydrogens (tertiary/aromatic N) is 2. The molecular formula is C14H14ClN3O2. The lowest BCUT2D eigenvalue weighted by molar-refractivity contribution is -0.384. The van der Waals surface area contributed by atoms with Gasteiger partial charge in [0.15, 0.2) is 0 Å². The quantitative estimate of drug-likeness (QED) is 0.522. The Morgan fingerprint density at radius 2 is 2.00 bits per heavy atom. The number of pyridine rings is 1. The first-order valence-corrected chi connectivity index (χ1v) is 6.50. The van der Waals surface area contributed by atoms with Gasteiger partial charge in [0.25, 0.3) is 0 Å². The van der Waals surface area contributed by atoms with Crippen LogP contribution in [0.15, 0.2) is 36.4 Å². The average molecular weight is 292 g/mol. The molecule has 0 saturated heterocycles. The van der Waals surface area contributed by atoms with Gasteiger partial charge in [0.05, 0.1) is 11.0 Å². The number of halogens is 1. The lowest BCUT2D eigenvalue weighted by Gasteiger charge is -2.17. The van der Waals surface area contributed by atoms with E-state index in [9.17, 15) is 10.1 Å². The van der Waals surface area contributed by atoms with Crippen molar-refractivity contribution in [2.24, 2.45) is 0 Å². The number of hydrogen-bond acceptors (Lipinski definition) is 4. The second-order valence-electron chi connectivity index (χ2n) is 4.48. The second kappa shape index (κ2) is 5.88. The fourth-order valence-corrected chi connectivity index (χ4v) is 2.18. The summed E-state index contributed by atoms with van der Waals surface area (Å²) in [5.74, 6) is 0.179. The number of aryl methyl sites for hydroxylation is 1. The minimum absolute atomic E-state index is 0.0881. The zero-order valence-corrected chi connectivity index (χ0v) is 11.9. The van der Waals surface area contributed by atoms with Crippen molar-refractivity contribution in [3.8, 4) is 0 Å². The van der Waals surface area contributed by atoms with Gasteiger partial charge < -0.3 is 5.32 Å². The maximum atomic E-state index is 11.0. The summed E-state index contributed by atoms with van der Waals surface area (Å²) in [6.07, 6.45) is 0. The molecule has 0 aliphatic carbocycles. The molecule has 6 heteroatoms. The Hall–Kier alpha value is -2.14. The van der Waals surface area contributed by atoms with Crippen LogP contribution in [0.4, 0.5) is 11.5 Å². The molecule has 0 spiro atoms. The molecule has 0 bridgehead atoms. The van der Waals surface area contributed by atoms with Gasteiger partial charge in [-0.1, -0.05) is 35.9 Å². The normalized spacial score (nSPS) is 11.9. The molecule has 1 N–H and O–H groups in total. The summed E-state index contributed by atoms with van der Waals surface area (Å²) in [7, 11) is 0. The standard InChI is InChI=1S/C14H14ClN3O2/c1-9-5-3-4-6-11(9)10(2)16-14-12(18(19)20)7-8-13(15)17-14/h3-8,10H,1-2H3,(H,16,17). The lowest BCUT2D eigenvalue weighted by atomic mass is 10.0. The molecule has 104 valence electrons. The topological polar surface area (TPSA) is 68.1 Å². The third-order valence-corrected chi connectivity index (χ3v) is 3.26. The number of hydrogen-bond donors (Lipinski definition) is 1. The van der Waals surface area contributed by atoms with E-state index >= 15 is 0 Å². The van der Waals surface area contributed by atoms with Gasteiger partial charge >= 0.3 is 5.69 Å². The predicted octanol–water partition coefficient (Wildman–Crippen LogP) is 4.12. The number of aromatic nitrogens is 1. The van der Waals surface area contributed by atoms with Gasteiger partial charge in [-0.15, -0.1) is 0 Å². The van der Waals surface area contributed by atoms with Gasteiger partial charge in [-0.05, 0) is 31.0 Å². The first kappa shape index (κ1) is 14.3. The number of nitrogens with one attached hydrogen (secondary N) is 1. The largest absolute Gasteiger partial charge is 0.358 e. The number of nitro groups is 1. The lowest BCUT2D eigenvalue weighted by Crippen LogP contribution is -2.11. The van der Waals surface area contributed by atoms with Crippen molar-refractivity contribution < 1.29 is 4.92 Å². The molecule has 5 nitrogen and oxygen atoms in total. The smallest absolute Gasteiger partial charge is 0.311 e. The molecule has 0 aliphatic rings. The molecule has 0 fully saturated rings. The third kappa shape index (κ3) is 3.05. The molecule has 0 amide bonds. The summed E-state index contributed by atoms with van der Waals surface area (Å²) < 4.78 is 0. The monoisotopic (exact) mass is 291 g/mol. The molecule has 0 radical (unpaired) electrons. The highest BCUT2D eigenvalue weighted by Crippen LogP contribution is 2.28. The highest BCUT2D eigenvalue weighted by atomic mass is 35.5. The van der Waals surface area contributed by atoms with Gasteiger partial charge in [-0.25, -0.2) is 4.98 Å². The van der Waals surface area contributed by atoms with Crippen LogP contribution in [0, 0.1) is 17.0 Å². The Kier molecular flexibility index (Phi) is 4.20. The molecule has 2 aromatic rings. The van der Waals surface area contributed by atoms with Crippen molar-refractivity contribution in [1.29, 1.82) is 0 Å². The number of benzene rings is 1. The average Bonchev–Trinajstić information content (AvgIpc) is 2.38. The molecule has 1 atom stereocenters. The van der Waals surface area contributed by atoms with Crippen LogP contribution >= 0.6 is 11.6 Å². The molecule has 20 heavy (non-hydrogen) atoms. The fraction of sp³-hybridized carbons (Fsp3) is 0.214. The highest BCUT2D eigenvalue weighted by molar-refractivity contribution is 6.29. The van der Waals surface area contributed by atoms with E-state index in [-0.39, 0.29) is 22.7 Å². The van der Waals surface area contributed by atoms with Crippen molar-refractivity contribution in [3.63, 3.8) is 0 Å². The van der Waals surface area contributed by atoms with Gasteiger partial charge in [0, 0.05) is 6.07 Å². The van der Waals surface area contributed by atoms with Gasteiger partial charge in [0.2, 0.25) is 5.82 Å². The van der Waals surface area contributed by atoms with Crippen molar-refractivity contribution in [1.82, 2.24) is 4.98 Å². The summed E-state index contributed by atoms with van der Waals surface area (Å²) >= 11 is 5.81.